The quantitative estimate of drug-likeness (QED) is 0.709. The van der Waals surface area contributed by atoms with Gasteiger partial charge in [0.15, 0.2) is 0 Å². The van der Waals surface area contributed by atoms with Crippen LogP contribution in [-0.4, -0.2) is 48.0 Å². The predicted octanol–water partition coefficient (Wildman–Crippen LogP) is 3.16. The van der Waals surface area contributed by atoms with E-state index in [1.807, 2.05) is 38.4 Å². The fourth-order valence-corrected chi connectivity index (χ4v) is 2.38. The van der Waals surface area contributed by atoms with Crippen LogP contribution in [0.15, 0.2) is 34.8 Å². The predicted molar refractivity (Wildman–Crippen MR) is 101 cm³/mol. The van der Waals surface area contributed by atoms with E-state index in [9.17, 15) is 4.79 Å². The first kappa shape index (κ1) is 18.4. The van der Waals surface area contributed by atoms with Gasteiger partial charge >= 0.3 is 0 Å². The Kier molecular flexibility index (Phi) is 6.69. The van der Waals surface area contributed by atoms with Crippen molar-refractivity contribution in [2.24, 2.45) is 0 Å². The lowest BCUT2D eigenvalue weighted by Gasteiger charge is -2.11. The van der Waals surface area contributed by atoms with Gasteiger partial charge in [0, 0.05) is 22.8 Å². The van der Waals surface area contributed by atoms with Crippen LogP contribution < -0.4 is 10.6 Å². The van der Waals surface area contributed by atoms with Crippen LogP contribution >= 0.6 is 15.9 Å². The summed E-state index contributed by atoms with van der Waals surface area (Å²) >= 11 is 3.37. The molecule has 1 aromatic heterocycles. The molecule has 24 heavy (non-hydrogen) atoms. The maximum Gasteiger partial charge on any atom is 0.274 e. The number of benzene rings is 1. The standard InChI is InChI=1S/C17H22BrN5O/c1-12-20-15(11-16(21-12)19-9-4-10-23(2)3)17(24)22-14-7-5-13(18)6-8-14/h5-8,11H,4,9-10H2,1-3H3,(H,22,24)(H,19,20,21). The molecule has 0 saturated heterocycles. The number of nitrogens with one attached hydrogen (secondary N) is 2. The fourth-order valence-electron chi connectivity index (χ4n) is 2.11. The van der Waals surface area contributed by atoms with E-state index < -0.39 is 0 Å². The maximum atomic E-state index is 12.4. The highest BCUT2D eigenvalue weighted by Gasteiger charge is 2.11. The molecule has 0 unspecified atom stereocenters. The second-order valence-corrected chi connectivity index (χ2v) is 6.65. The molecule has 128 valence electrons. The van der Waals surface area contributed by atoms with Crippen molar-refractivity contribution in [2.75, 3.05) is 37.8 Å². The fraction of sp³-hybridized carbons (Fsp3) is 0.353. The Balaban J connectivity index is 2.01. The molecular formula is C17H22BrN5O. The van der Waals surface area contributed by atoms with Gasteiger partial charge in [0.2, 0.25) is 0 Å². The van der Waals surface area contributed by atoms with Crippen LogP contribution in [0.25, 0.3) is 0 Å². The Morgan fingerprint density at radius 2 is 1.92 bits per heavy atom. The average molecular weight is 392 g/mol. The minimum absolute atomic E-state index is 0.251. The van der Waals surface area contributed by atoms with E-state index >= 15 is 0 Å². The van der Waals surface area contributed by atoms with Crippen molar-refractivity contribution in [1.29, 1.82) is 0 Å². The molecule has 1 aromatic carbocycles. The van der Waals surface area contributed by atoms with Crippen molar-refractivity contribution in [3.05, 3.63) is 46.3 Å². The number of aromatic nitrogens is 2. The second-order valence-electron chi connectivity index (χ2n) is 5.73. The highest BCUT2D eigenvalue weighted by atomic mass is 79.9. The first-order valence-electron chi connectivity index (χ1n) is 7.75. The van der Waals surface area contributed by atoms with Gasteiger partial charge in [-0.15, -0.1) is 0 Å². The highest BCUT2D eigenvalue weighted by Crippen LogP contribution is 2.15. The topological polar surface area (TPSA) is 70.2 Å². The summed E-state index contributed by atoms with van der Waals surface area (Å²) in [5, 5.41) is 6.08. The molecule has 7 heteroatoms. The number of hydrogen-bond acceptors (Lipinski definition) is 5. The number of amides is 1. The molecule has 2 rings (SSSR count). The van der Waals surface area contributed by atoms with Crippen molar-refractivity contribution < 1.29 is 4.79 Å². The van der Waals surface area contributed by atoms with Gasteiger partial charge in [-0.3, -0.25) is 4.79 Å². The summed E-state index contributed by atoms with van der Waals surface area (Å²) in [6.07, 6.45) is 0.997. The molecule has 1 heterocycles. The molecular weight excluding hydrogens is 370 g/mol. The summed E-state index contributed by atoms with van der Waals surface area (Å²) < 4.78 is 0.961. The molecule has 0 atom stereocenters. The van der Waals surface area contributed by atoms with Crippen LogP contribution in [0.5, 0.6) is 0 Å². The van der Waals surface area contributed by atoms with Crippen LogP contribution in [0, 0.1) is 6.92 Å². The Morgan fingerprint density at radius 3 is 2.58 bits per heavy atom. The van der Waals surface area contributed by atoms with Crippen LogP contribution in [0.4, 0.5) is 11.5 Å². The summed E-state index contributed by atoms with van der Waals surface area (Å²) in [5.74, 6) is 0.981. The highest BCUT2D eigenvalue weighted by molar-refractivity contribution is 9.10. The van der Waals surface area contributed by atoms with Crippen molar-refractivity contribution in [3.63, 3.8) is 0 Å². The van der Waals surface area contributed by atoms with Crippen LogP contribution in [0.1, 0.15) is 22.7 Å². The van der Waals surface area contributed by atoms with Gasteiger partial charge in [0.1, 0.15) is 17.3 Å². The largest absolute Gasteiger partial charge is 0.370 e. The molecule has 0 aliphatic carbocycles. The smallest absolute Gasteiger partial charge is 0.274 e. The Morgan fingerprint density at radius 1 is 1.21 bits per heavy atom. The lowest BCUT2D eigenvalue weighted by Crippen LogP contribution is -2.18. The van der Waals surface area contributed by atoms with E-state index in [2.05, 4.69) is 41.4 Å². The molecule has 0 radical (unpaired) electrons. The van der Waals surface area contributed by atoms with Crippen LogP contribution in [-0.2, 0) is 0 Å². The molecule has 0 aliphatic heterocycles. The molecule has 0 fully saturated rings. The number of carbonyl (C=O) groups is 1. The Hall–Kier alpha value is -1.99. The Bertz CT molecular complexity index is 688. The molecule has 0 bridgehead atoms. The first-order chi connectivity index (χ1) is 11.4. The summed E-state index contributed by atoms with van der Waals surface area (Å²) in [5.41, 5.74) is 1.07. The van der Waals surface area contributed by atoms with Gasteiger partial charge in [0.25, 0.3) is 5.91 Å². The summed E-state index contributed by atoms with van der Waals surface area (Å²) in [6, 6.07) is 9.08. The van der Waals surface area contributed by atoms with Gasteiger partial charge < -0.3 is 15.5 Å². The van der Waals surface area contributed by atoms with Gasteiger partial charge in [-0.25, -0.2) is 9.97 Å². The molecule has 1 amide bonds. The average Bonchev–Trinajstić information content (AvgIpc) is 2.53. The number of hydrogen-bond donors (Lipinski definition) is 2. The zero-order valence-corrected chi connectivity index (χ0v) is 15.7. The SMILES string of the molecule is Cc1nc(NCCCN(C)C)cc(C(=O)Nc2ccc(Br)cc2)n1. The molecule has 0 saturated carbocycles. The van der Waals surface area contributed by atoms with Crippen molar-refractivity contribution in [1.82, 2.24) is 14.9 Å². The van der Waals surface area contributed by atoms with E-state index in [1.165, 1.54) is 0 Å². The van der Waals surface area contributed by atoms with E-state index in [0.717, 1.165) is 29.7 Å². The monoisotopic (exact) mass is 391 g/mol. The summed E-state index contributed by atoms with van der Waals surface area (Å²) in [7, 11) is 4.08. The van der Waals surface area contributed by atoms with Gasteiger partial charge in [0.05, 0.1) is 0 Å². The summed E-state index contributed by atoms with van der Waals surface area (Å²) in [4.78, 5) is 23.1. The molecule has 2 aromatic rings. The lowest BCUT2D eigenvalue weighted by atomic mass is 10.3. The van der Waals surface area contributed by atoms with Crippen LogP contribution in [0.2, 0.25) is 0 Å². The second kappa shape index (κ2) is 8.75. The minimum Gasteiger partial charge on any atom is -0.370 e. The zero-order valence-electron chi connectivity index (χ0n) is 14.1. The van der Waals surface area contributed by atoms with Crippen molar-refractivity contribution >= 4 is 33.3 Å². The normalized spacial score (nSPS) is 10.7. The third-order valence-electron chi connectivity index (χ3n) is 3.26. The number of halogens is 1. The maximum absolute atomic E-state index is 12.4. The third kappa shape index (κ3) is 5.90. The minimum atomic E-state index is -0.251. The van der Waals surface area contributed by atoms with Crippen LogP contribution in [0.3, 0.4) is 0 Å². The van der Waals surface area contributed by atoms with Gasteiger partial charge in [-0.2, -0.15) is 0 Å². The van der Waals surface area contributed by atoms with E-state index in [4.69, 9.17) is 0 Å². The molecule has 0 spiro atoms. The van der Waals surface area contributed by atoms with Crippen molar-refractivity contribution in [3.8, 4) is 0 Å². The van der Waals surface area contributed by atoms with Crippen molar-refractivity contribution in [2.45, 2.75) is 13.3 Å². The molecule has 0 aliphatic rings. The number of rotatable bonds is 7. The number of carbonyl (C=O) groups excluding carboxylic acids is 1. The number of aryl methyl sites for hydroxylation is 1. The number of nitrogens with zero attached hydrogens (tertiary/aromatic N) is 3. The van der Waals surface area contributed by atoms with Gasteiger partial charge in [-0.1, -0.05) is 15.9 Å². The number of anilines is 2. The molecule has 6 nitrogen and oxygen atoms in total. The third-order valence-corrected chi connectivity index (χ3v) is 3.79. The van der Waals surface area contributed by atoms with E-state index in [0.29, 0.717) is 17.3 Å². The summed E-state index contributed by atoms with van der Waals surface area (Å²) in [6.45, 7) is 3.57. The van der Waals surface area contributed by atoms with E-state index in [1.54, 1.807) is 13.0 Å². The first-order valence-corrected chi connectivity index (χ1v) is 8.54. The zero-order chi connectivity index (χ0) is 17.5. The lowest BCUT2D eigenvalue weighted by molar-refractivity contribution is 0.102. The van der Waals surface area contributed by atoms with E-state index in [-0.39, 0.29) is 5.91 Å². The van der Waals surface area contributed by atoms with Gasteiger partial charge in [-0.05, 0) is 58.3 Å². The molecule has 2 N–H and O–H groups in total. The Labute approximate surface area is 150 Å².